The van der Waals surface area contributed by atoms with Crippen LogP contribution < -0.4 is 5.32 Å². The Labute approximate surface area is 419 Å². The van der Waals surface area contributed by atoms with Crippen molar-refractivity contribution in [3.05, 3.63) is 12.2 Å². The summed E-state index contributed by atoms with van der Waals surface area (Å²) in [6.45, 7) is 4.88. The molecule has 0 heterocycles. The second-order valence-corrected chi connectivity index (χ2v) is 21.0. The van der Waals surface area contributed by atoms with Crippen molar-refractivity contribution < 1.29 is 24.5 Å². The summed E-state index contributed by atoms with van der Waals surface area (Å²) < 4.78 is 5.47. The Morgan fingerprint density at radius 1 is 0.403 bits per heavy atom. The van der Waals surface area contributed by atoms with Gasteiger partial charge < -0.3 is 20.3 Å². The summed E-state index contributed by atoms with van der Waals surface area (Å²) >= 11 is 0. The zero-order valence-corrected chi connectivity index (χ0v) is 45.4. The molecule has 0 saturated heterocycles. The van der Waals surface area contributed by atoms with E-state index in [0.29, 0.717) is 19.4 Å². The molecule has 0 aliphatic heterocycles. The topological polar surface area (TPSA) is 95.9 Å². The summed E-state index contributed by atoms with van der Waals surface area (Å²) in [5.41, 5.74) is 0. The number of hydrogen-bond acceptors (Lipinski definition) is 5. The van der Waals surface area contributed by atoms with Crippen LogP contribution >= 0.6 is 0 Å². The van der Waals surface area contributed by atoms with Crippen LogP contribution in [0.15, 0.2) is 12.2 Å². The molecule has 3 N–H and O–H groups in total. The third kappa shape index (κ3) is 53.8. The quantitative estimate of drug-likeness (QED) is 0.0321. The molecule has 0 radical (unpaired) electrons. The van der Waals surface area contributed by atoms with E-state index in [0.717, 1.165) is 57.8 Å². The van der Waals surface area contributed by atoms with Gasteiger partial charge in [-0.3, -0.25) is 9.59 Å². The molecule has 398 valence electrons. The number of aliphatic hydroxyl groups is 2. The maximum atomic E-state index is 12.5. The zero-order chi connectivity index (χ0) is 48.6. The lowest BCUT2D eigenvalue weighted by Gasteiger charge is -2.20. The number of unbranched alkanes of at least 4 members (excludes halogenated alkanes) is 46. The molecule has 67 heavy (non-hydrogen) atoms. The second kappa shape index (κ2) is 57.2. The molecular formula is C61H119NO5. The van der Waals surface area contributed by atoms with E-state index in [-0.39, 0.29) is 18.5 Å². The summed E-state index contributed by atoms with van der Waals surface area (Å²) in [5.74, 6) is -0.103. The Kier molecular flexibility index (Phi) is 56.0. The van der Waals surface area contributed by atoms with Crippen molar-refractivity contribution in [3.8, 4) is 0 Å². The highest BCUT2D eigenvalue weighted by atomic mass is 16.5. The van der Waals surface area contributed by atoms with E-state index >= 15 is 0 Å². The van der Waals surface area contributed by atoms with Crippen molar-refractivity contribution in [2.75, 3.05) is 13.2 Å². The van der Waals surface area contributed by atoms with E-state index in [1.807, 2.05) is 6.08 Å². The summed E-state index contributed by atoms with van der Waals surface area (Å²) in [4.78, 5) is 24.6. The Bertz CT molecular complexity index is 1000. The lowest BCUT2D eigenvalue weighted by Crippen LogP contribution is -2.45. The van der Waals surface area contributed by atoms with E-state index in [4.69, 9.17) is 4.74 Å². The molecule has 2 unspecified atom stereocenters. The fraction of sp³-hybridized carbons (Fsp3) is 0.934. The van der Waals surface area contributed by atoms with Crippen LogP contribution in [0.4, 0.5) is 0 Å². The number of nitrogens with one attached hydrogen (secondary N) is 1. The van der Waals surface area contributed by atoms with Gasteiger partial charge in [-0.1, -0.05) is 309 Å². The second-order valence-electron chi connectivity index (χ2n) is 21.0. The van der Waals surface area contributed by atoms with Gasteiger partial charge in [-0.25, -0.2) is 0 Å². The van der Waals surface area contributed by atoms with Gasteiger partial charge in [0, 0.05) is 12.8 Å². The Hall–Kier alpha value is -1.40. The number of carbonyl (C=O) groups is 2. The molecule has 0 fully saturated rings. The van der Waals surface area contributed by atoms with Crippen LogP contribution in [0.25, 0.3) is 0 Å². The Balaban J connectivity index is 3.48. The highest BCUT2D eigenvalue weighted by Crippen LogP contribution is 2.18. The predicted octanol–water partition coefficient (Wildman–Crippen LogP) is 18.9. The van der Waals surface area contributed by atoms with Gasteiger partial charge in [0.15, 0.2) is 0 Å². The number of ether oxygens (including phenoxy) is 1. The molecule has 2 atom stereocenters. The molecule has 0 rings (SSSR count). The molecule has 6 heteroatoms. The minimum absolute atomic E-state index is 0.0167. The molecular weight excluding hydrogens is 827 g/mol. The van der Waals surface area contributed by atoms with Crippen LogP contribution in [0.3, 0.4) is 0 Å². The van der Waals surface area contributed by atoms with Crippen LogP contribution in [-0.4, -0.2) is 47.4 Å². The Morgan fingerprint density at radius 3 is 1.01 bits per heavy atom. The maximum absolute atomic E-state index is 12.5. The van der Waals surface area contributed by atoms with Gasteiger partial charge in [0.2, 0.25) is 5.91 Å². The molecule has 1 amide bonds. The van der Waals surface area contributed by atoms with E-state index in [1.54, 1.807) is 6.08 Å². The minimum atomic E-state index is -0.859. The lowest BCUT2D eigenvalue weighted by molar-refractivity contribution is -0.143. The van der Waals surface area contributed by atoms with Crippen LogP contribution in [0.1, 0.15) is 341 Å². The monoisotopic (exact) mass is 946 g/mol. The van der Waals surface area contributed by atoms with Gasteiger partial charge >= 0.3 is 5.97 Å². The fourth-order valence-corrected chi connectivity index (χ4v) is 9.64. The highest BCUT2D eigenvalue weighted by molar-refractivity contribution is 5.76. The molecule has 0 aliphatic carbocycles. The average Bonchev–Trinajstić information content (AvgIpc) is 3.33. The Morgan fingerprint density at radius 2 is 0.687 bits per heavy atom. The molecule has 0 aromatic carbocycles. The van der Waals surface area contributed by atoms with E-state index < -0.39 is 12.1 Å². The standard InChI is InChI=1S/C61H119NO5/c1-3-5-7-9-11-13-15-17-19-20-21-22-23-24-25-26-27-28-30-31-33-37-41-45-49-53-59(64)58(57-63)62-60(65)54-50-46-42-38-35-36-40-44-48-52-56-67-61(66)55-51-47-43-39-34-32-29-18-16-14-12-10-8-6-4-2/h49,53,58-59,63-64H,3-48,50-52,54-57H2,1-2H3,(H,62,65)/b53-49+. The van der Waals surface area contributed by atoms with Crippen LogP contribution in [-0.2, 0) is 14.3 Å². The van der Waals surface area contributed by atoms with E-state index in [2.05, 4.69) is 19.2 Å². The number of hydrogen-bond donors (Lipinski definition) is 3. The highest BCUT2D eigenvalue weighted by Gasteiger charge is 2.18. The average molecular weight is 947 g/mol. The van der Waals surface area contributed by atoms with E-state index in [1.165, 1.54) is 257 Å². The summed E-state index contributed by atoms with van der Waals surface area (Å²) in [6, 6.07) is -0.645. The van der Waals surface area contributed by atoms with Crippen LogP contribution in [0.2, 0.25) is 0 Å². The van der Waals surface area contributed by atoms with Gasteiger partial charge in [0.25, 0.3) is 0 Å². The van der Waals surface area contributed by atoms with Gasteiger partial charge in [-0.15, -0.1) is 0 Å². The van der Waals surface area contributed by atoms with Crippen LogP contribution in [0, 0.1) is 0 Å². The SMILES string of the molecule is CCCCCCCCCCCCCCCCCCCCCCCCC/C=C/C(O)C(CO)NC(=O)CCCCCCCCCCCCOC(=O)CCCCCCCCCCCCCCCCC. The van der Waals surface area contributed by atoms with Crippen molar-refractivity contribution >= 4 is 11.9 Å². The summed E-state index contributed by atoms with van der Waals surface area (Å²) in [6.07, 6.45) is 68.1. The molecule has 6 nitrogen and oxygen atoms in total. The summed E-state index contributed by atoms with van der Waals surface area (Å²) in [7, 11) is 0. The normalized spacial score (nSPS) is 12.6. The van der Waals surface area contributed by atoms with Crippen molar-refractivity contribution in [3.63, 3.8) is 0 Å². The van der Waals surface area contributed by atoms with Crippen molar-refractivity contribution in [1.29, 1.82) is 0 Å². The number of allylic oxidation sites excluding steroid dienone is 1. The number of amides is 1. The van der Waals surface area contributed by atoms with Gasteiger partial charge in [0.05, 0.1) is 25.4 Å². The molecule has 0 bridgehead atoms. The minimum Gasteiger partial charge on any atom is -0.466 e. The third-order valence-corrected chi connectivity index (χ3v) is 14.3. The largest absolute Gasteiger partial charge is 0.466 e. The van der Waals surface area contributed by atoms with Gasteiger partial charge in [-0.2, -0.15) is 0 Å². The lowest BCUT2D eigenvalue weighted by atomic mass is 10.0. The summed E-state index contributed by atoms with van der Waals surface area (Å²) in [5, 5.41) is 23.2. The fourth-order valence-electron chi connectivity index (χ4n) is 9.64. The smallest absolute Gasteiger partial charge is 0.305 e. The van der Waals surface area contributed by atoms with Gasteiger partial charge in [-0.05, 0) is 32.1 Å². The molecule has 0 spiro atoms. The first-order valence-corrected chi connectivity index (χ1v) is 30.5. The van der Waals surface area contributed by atoms with Crippen molar-refractivity contribution in [2.24, 2.45) is 0 Å². The molecule has 0 aromatic rings. The molecule has 0 aromatic heterocycles. The number of carbonyl (C=O) groups excluding carboxylic acids is 2. The van der Waals surface area contributed by atoms with Crippen molar-refractivity contribution in [1.82, 2.24) is 5.32 Å². The first-order valence-electron chi connectivity index (χ1n) is 30.5. The number of aliphatic hydroxyl groups excluding tert-OH is 2. The first kappa shape index (κ1) is 65.6. The number of esters is 1. The first-order chi connectivity index (χ1) is 33.0. The zero-order valence-electron chi connectivity index (χ0n) is 45.4. The van der Waals surface area contributed by atoms with Crippen molar-refractivity contribution in [2.45, 2.75) is 353 Å². The number of rotatable bonds is 57. The van der Waals surface area contributed by atoms with Crippen LogP contribution in [0.5, 0.6) is 0 Å². The van der Waals surface area contributed by atoms with E-state index in [9.17, 15) is 19.8 Å². The predicted molar refractivity (Wildman–Crippen MR) is 292 cm³/mol. The third-order valence-electron chi connectivity index (χ3n) is 14.3. The molecule has 0 aliphatic rings. The van der Waals surface area contributed by atoms with Gasteiger partial charge in [0.1, 0.15) is 0 Å². The maximum Gasteiger partial charge on any atom is 0.305 e. The molecule has 0 saturated carbocycles.